The van der Waals surface area contributed by atoms with Crippen LogP contribution >= 0.6 is 0 Å². The molecule has 4 rings (SSSR count). The minimum absolute atomic E-state index is 0.0410. The molecule has 0 spiro atoms. The Morgan fingerprint density at radius 2 is 0.792 bits per heavy atom. The van der Waals surface area contributed by atoms with Crippen molar-refractivity contribution < 1.29 is 18.9 Å². The molecule has 2 heterocycles. The zero-order valence-electron chi connectivity index (χ0n) is 37.2. The van der Waals surface area contributed by atoms with Crippen molar-refractivity contribution in [3.05, 3.63) is 57.6 Å². The van der Waals surface area contributed by atoms with Crippen molar-refractivity contribution in [2.45, 2.75) is 201 Å². The summed E-state index contributed by atoms with van der Waals surface area (Å²) >= 11 is 0. The van der Waals surface area contributed by atoms with E-state index in [2.05, 4.69) is 135 Å². The Labute approximate surface area is 326 Å². The molecule has 0 bridgehead atoms. The molecule has 2 fully saturated rings. The average molecular weight is 733 g/mol. The third-order valence-electron chi connectivity index (χ3n) is 14.2. The van der Waals surface area contributed by atoms with Gasteiger partial charge < -0.3 is 18.9 Å². The van der Waals surface area contributed by atoms with Crippen LogP contribution in [-0.2, 0) is 36.5 Å². The summed E-state index contributed by atoms with van der Waals surface area (Å²) in [5.74, 6) is 3.41. The van der Waals surface area contributed by atoms with E-state index in [4.69, 9.17) is 18.9 Å². The van der Waals surface area contributed by atoms with Gasteiger partial charge in [0.2, 0.25) is 0 Å². The highest BCUT2D eigenvalue weighted by Gasteiger charge is 2.38. The first-order valence-corrected chi connectivity index (χ1v) is 21.5. The van der Waals surface area contributed by atoms with Gasteiger partial charge in [-0.2, -0.15) is 0 Å². The van der Waals surface area contributed by atoms with Crippen molar-refractivity contribution in [2.24, 2.45) is 11.8 Å². The van der Waals surface area contributed by atoms with Crippen LogP contribution in [0.1, 0.15) is 196 Å². The first-order valence-electron chi connectivity index (χ1n) is 21.5. The summed E-state index contributed by atoms with van der Waals surface area (Å²) in [6.45, 7) is 41.3. The molecule has 0 aromatic heterocycles. The van der Waals surface area contributed by atoms with Crippen LogP contribution in [0.25, 0.3) is 0 Å². The number of benzene rings is 2. The molecule has 0 aliphatic carbocycles. The maximum absolute atomic E-state index is 6.95. The van der Waals surface area contributed by atoms with Gasteiger partial charge in [-0.1, -0.05) is 135 Å². The monoisotopic (exact) mass is 733 g/mol. The third kappa shape index (κ3) is 10.2. The van der Waals surface area contributed by atoms with Crippen molar-refractivity contribution in [1.29, 1.82) is 0 Å². The molecule has 4 atom stereocenters. The van der Waals surface area contributed by atoms with Crippen molar-refractivity contribution in [2.75, 3.05) is 26.4 Å². The standard InChI is InChI=1S/C49H80O4/c1-17-45(7,8)37-27-35(28-38(46(9,10)18-2)43(37)50-25-21-23-33(5)41-31-52-41)49(15,16)36-29-39(47(11,12)19-3)44(40(30-36)48(13,14)20-4)51-26-22-24-34(6)42-32-53-42/h27-30,33-34,41-42H,17-26,31-32H2,1-16H3. The van der Waals surface area contributed by atoms with Gasteiger partial charge in [-0.3, -0.25) is 0 Å². The maximum atomic E-state index is 6.95. The van der Waals surface area contributed by atoms with Gasteiger partial charge in [0.15, 0.2) is 0 Å². The lowest BCUT2D eigenvalue weighted by atomic mass is 9.68. The quantitative estimate of drug-likeness (QED) is 0.0893. The zero-order valence-corrected chi connectivity index (χ0v) is 37.2. The smallest absolute Gasteiger partial charge is 0.126 e. The lowest BCUT2D eigenvalue weighted by Crippen LogP contribution is -2.29. The van der Waals surface area contributed by atoms with Crippen LogP contribution in [0.3, 0.4) is 0 Å². The lowest BCUT2D eigenvalue weighted by molar-refractivity contribution is 0.263. The summed E-state index contributed by atoms with van der Waals surface area (Å²) in [4.78, 5) is 0. The van der Waals surface area contributed by atoms with E-state index in [1.54, 1.807) is 0 Å². The highest BCUT2D eigenvalue weighted by molar-refractivity contribution is 5.58. The SMILES string of the molecule is CCC(C)(C)c1cc(C(C)(C)c2cc(C(C)(C)CC)c(OCCCC(C)C3CO3)c(C(C)(C)CC)c2)cc(C(C)(C)CC)c1OCCCC(C)C1CO1. The number of hydrogen-bond acceptors (Lipinski definition) is 4. The van der Waals surface area contributed by atoms with Gasteiger partial charge in [-0.15, -0.1) is 0 Å². The number of epoxide rings is 2. The molecule has 2 saturated heterocycles. The summed E-state index contributed by atoms with van der Waals surface area (Å²) in [6, 6.07) is 10.1. The molecule has 300 valence electrons. The summed E-state index contributed by atoms with van der Waals surface area (Å²) in [5.41, 5.74) is 7.67. The van der Waals surface area contributed by atoms with Crippen LogP contribution in [0.5, 0.6) is 11.5 Å². The largest absolute Gasteiger partial charge is 0.493 e. The van der Waals surface area contributed by atoms with Crippen molar-refractivity contribution in [3.8, 4) is 11.5 Å². The first-order chi connectivity index (χ1) is 24.7. The molecule has 0 saturated carbocycles. The van der Waals surface area contributed by atoms with Crippen LogP contribution in [0.15, 0.2) is 24.3 Å². The van der Waals surface area contributed by atoms with Crippen molar-refractivity contribution >= 4 is 0 Å². The molecule has 53 heavy (non-hydrogen) atoms. The maximum Gasteiger partial charge on any atom is 0.126 e. The number of rotatable bonds is 22. The predicted octanol–water partition coefficient (Wildman–Crippen LogP) is 13.2. The molecule has 2 aliphatic rings. The summed E-state index contributed by atoms with van der Waals surface area (Å²) in [5, 5.41) is 0. The van der Waals surface area contributed by atoms with Gasteiger partial charge in [0.05, 0.1) is 38.6 Å². The summed E-state index contributed by atoms with van der Waals surface area (Å²) in [7, 11) is 0. The van der Waals surface area contributed by atoms with E-state index < -0.39 is 0 Å². The van der Waals surface area contributed by atoms with Gasteiger partial charge in [0.25, 0.3) is 0 Å². The van der Waals surface area contributed by atoms with Crippen molar-refractivity contribution in [1.82, 2.24) is 0 Å². The Hall–Kier alpha value is -2.04. The Balaban J connectivity index is 1.86. The second-order valence-electron chi connectivity index (χ2n) is 20.1. The van der Waals surface area contributed by atoms with E-state index in [1.807, 2.05) is 0 Å². The van der Waals surface area contributed by atoms with Crippen molar-refractivity contribution in [3.63, 3.8) is 0 Å². The minimum Gasteiger partial charge on any atom is -0.493 e. The second kappa shape index (κ2) is 17.0. The fourth-order valence-corrected chi connectivity index (χ4v) is 7.53. The molecule has 2 aliphatic heterocycles. The molecule has 0 amide bonds. The Bertz CT molecular complexity index is 1320. The van der Waals surface area contributed by atoms with Gasteiger partial charge in [-0.05, 0) is 96.0 Å². The molecule has 0 radical (unpaired) electrons. The van der Waals surface area contributed by atoms with Gasteiger partial charge >= 0.3 is 0 Å². The van der Waals surface area contributed by atoms with E-state index in [9.17, 15) is 0 Å². The molecule has 2 aromatic rings. The highest BCUT2D eigenvalue weighted by Crippen LogP contribution is 2.49. The lowest BCUT2D eigenvalue weighted by Gasteiger charge is -2.38. The topological polar surface area (TPSA) is 43.5 Å². The molecule has 0 N–H and O–H groups in total. The zero-order chi connectivity index (χ0) is 39.6. The van der Waals surface area contributed by atoms with Gasteiger partial charge in [-0.25, -0.2) is 0 Å². The number of ether oxygens (including phenoxy) is 4. The minimum atomic E-state index is -0.259. The fraction of sp³-hybridized carbons (Fsp3) is 0.755. The Morgan fingerprint density at radius 1 is 0.528 bits per heavy atom. The number of hydrogen-bond donors (Lipinski definition) is 0. The van der Waals surface area contributed by atoms with Crippen LogP contribution < -0.4 is 9.47 Å². The van der Waals surface area contributed by atoms with Gasteiger partial charge in [0.1, 0.15) is 11.5 Å². The fourth-order valence-electron chi connectivity index (χ4n) is 7.53. The highest BCUT2D eigenvalue weighted by atomic mass is 16.6. The molecular formula is C49H80O4. The molecule has 4 unspecified atom stereocenters. The van der Waals surface area contributed by atoms with E-state index in [1.165, 1.54) is 33.4 Å². The second-order valence-corrected chi connectivity index (χ2v) is 20.1. The van der Waals surface area contributed by atoms with Crippen LogP contribution in [-0.4, -0.2) is 38.6 Å². The normalized spacial score (nSPS) is 19.2. The average Bonchev–Trinajstić information content (AvgIpc) is 4.05. The molecule has 2 aromatic carbocycles. The first kappa shape index (κ1) is 43.7. The van der Waals surface area contributed by atoms with E-state index in [0.717, 1.165) is 89.3 Å². The Kier molecular flexibility index (Phi) is 14.0. The van der Waals surface area contributed by atoms with Crippen LogP contribution in [0.4, 0.5) is 0 Å². The van der Waals surface area contributed by atoms with Gasteiger partial charge in [0, 0.05) is 27.7 Å². The van der Waals surface area contributed by atoms with Crippen LogP contribution in [0, 0.1) is 11.8 Å². The van der Waals surface area contributed by atoms with E-state index >= 15 is 0 Å². The summed E-state index contributed by atoms with van der Waals surface area (Å²) in [6.07, 6.45) is 9.41. The molecule has 4 heteroatoms. The Morgan fingerprint density at radius 3 is 1.02 bits per heavy atom. The predicted molar refractivity (Wildman–Crippen MR) is 226 cm³/mol. The van der Waals surface area contributed by atoms with Crippen LogP contribution in [0.2, 0.25) is 0 Å². The molecule has 4 nitrogen and oxygen atoms in total. The van der Waals surface area contributed by atoms with E-state index in [-0.39, 0.29) is 27.1 Å². The third-order valence-corrected chi connectivity index (χ3v) is 14.2. The summed E-state index contributed by atoms with van der Waals surface area (Å²) < 4.78 is 25.1. The van der Waals surface area contributed by atoms with E-state index in [0.29, 0.717) is 24.0 Å². The molecular weight excluding hydrogens is 653 g/mol.